The second kappa shape index (κ2) is 8.17. The van der Waals surface area contributed by atoms with Crippen LogP contribution in [0.5, 0.6) is 0 Å². The topological polar surface area (TPSA) is 48.0 Å². The number of carbonyl (C=O) groups is 1. The van der Waals surface area contributed by atoms with Crippen molar-refractivity contribution < 1.29 is 18.7 Å². The molecule has 2 fully saturated rings. The quantitative estimate of drug-likeness (QED) is 0.649. The zero-order valence-electron chi connectivity index (χ0n) is 18.0. The van der Waals surface area contributed by atoms with E-state index in [4.69, 9.17) is 13.9 Å². The molecule has 6 heteroatoms. The zero-order chi connectivity index (χ0) is 20.4. The van der Waals surface area contributed by atoms with Gasteiger partial charge >= 0.3 is 6.09 Å². The van der Waals surface area contributed by atoms with Crippen LogP contribution in [0.25, 0.3) is 0 Å². The summed E-state index contributed by atoms with van der Waals surface area (Å²) in [6.45, 7) is 13.5. The summed E-state index contributed by atoms with van der Waals surface area (Å²) in [4.78, 5) is 14.8. The summed E-state index contributed by atoms with van der Waals surface area (Å²) in [6, 6.07) is 9.86. The predicted molar refractivity (Wildman–Crippen MR) is 113 cm³/mol. The number of likely N-dealkylation sites (tertiary alicyclic amines) is 1. The van der Waals surface area contributed by atoms with Crippen LogP contribution >= 0.6 is 0 Å². The van der Waals surface area contributed by atoms with Gasteiger partial charge in [0.25, 0.3) is 0 Å². The first-order valence-corrected chi connectivity index (χ1v) is 13.3. The molecule has 0 N–H and O–H groups in total. The summed E-state index contributed by atoms with van der Waals surface area (Å²) in [6.07, 6.45) is 2.64. The van der Waals surface area contributed by atoms with Crippen LogP contribution in [-0.2, 0) is 20.5 Å². The van der Waals surface area contributed by atoms with E-state index in [1.54, 1.807) is 0 Å². The van der Waals surface area contributed by atoms with Gasteiger partial charge in [-0.1, -0.05) is 51.1 Å². The molecule has 0 aliphatic carbocycles. The lowest BCUT2D eigenvalue weighted by Gasteiger charge is -2.51. The van der Waals surface area contributed by atoms with Crippen LogP contribution in [0, 0.1) is 0 Å². The van der Waals surface area contributed by atoms with E-state index in [2.05, 4.69) is 33.9 Å². The van der Waals surface area contributed by atoms with Gasteiger partial charge in [-0.3, -0.25) is 0 Å². The van der Waals surface area contributed by atoms with Crippen molar-refractivity contribution in [1.82, 2.24) is 4.90 Å². The van der Waals surface area contributed by atoms with Gasteiger partial charge in [-0.25, -0.2) is 4.79 Å². The number of piperidine rings is 1. The summed E-state index contributed by atoms with van der Waals surface area (Å²) in [5, 5.41) is 0.151. The van der Waals surface area contributed by atoms with E-state index < -0.39 is 8.32 Å². The number of nitrogens with zero attached hydrogens (tertiary/aromatic N) is 1. The Morgan fingerprint density at radius 1 is 1.25 bits per heavy atom. The van der Waals surface area contributed by atoms with E-state index in [0.717, 1.165) is 31.4 Å². The monoisotopic (exact) mass is 405 g/mol. The average Bonchev–Trinajstić information content (AvgIpc) is 2.63. The van der Waals surface area contributed by atoms with Crippen molar-refractivity contribution in [3.8, 4) is 0 Å². The maximum Gasteiger partial charge on any atom is 0.410 e. The SMILES string of the molecule is CC(C)(C)[Si](C)(C)OC[C@@H]1CC[C@@]2(CCO2)CN1C(=O)OCc1ccccc1. The van der Waals surface area contributed by atoms with Gasteiger partial charge in [-0.2, -0.15) is 0 Å². The Balaban J connectivity index is 1.64. The van der Waals surface area contributed by atoms with E-state index in [9.17, 15) is 4.79 Å². The average molecular weight is 406 g/mol. The van der Waals surface area contributed by atoms with Crippen LogP contribution in [-0.4, -0.2) is 50.7 Å². The lowest BCUT2D eigenvalue weighted by Crippen LogP contribution is -2.61. The molecule has 0 radical (unpaired) electrons. The molecule has 2 saturated heterocycles. The van der Waals surface area contributed by atoms with Crippen LogP contribution in [0.4, 0.5) is 4.79 Å². The molecule has 0 saturated carbocycles. The van der Waals surface area contributed by atoms with Gasteiger partial charge in [0, 0.05) is 6.42 Å². The minimum Gasteiger partial charge on any atom is -0.445 e. The van der Waals surface area contributed by atoms with E-state index in [0.29, 0.717) is 19.8 Å². The summed E-state index contributed by atoms with van der Waals surface area (Å²) >= 11 is 0. The first-order valence-electron chi connectivity index (χ1n) is 10.4. The van der Waals surface area contributed by atoms with E-state index in [-0.39, 0.29) is 22.8 Å². The van der Waals surface area contributed by atoms with Crippen LogP contribution in [0.15, 0.2) is 30.3 Å². The lowest BCUT2D eigenvalue weighted by atomic mass is 9.83. The normalized spacial score (nSPS) is 25.5. The second-order valence-electron chi connectivity index (χ2n) is 9.71. The molecule has 0 aromatic heterocycles. The maximum absolute atomic E-state index is 12.9. The number of ether oxygens (including phenoxy) is 2. The number of amides is 1. The van der Waals surface area contributed by atoms with Gasteiger partial charge in [0.15, 0.2) is 8.32 Å². The fourth-order valence-electron chi connectivity index (χ4n) is 3.53. The highest BCUT2D eigenvalue weighted by atomic mass is 28.4. The fraction of sp³-hybridized carbons (Fsp3) is 0.682. The molecule has 3 rings (SSSR count). The van der Waals surface area contributed by atoms with Gasteiger partial charge in [-0.05, 0) is 36.5 Å². The highest BCUT2D eigenvalue weighted by molar-refractivity contribution is 6.74. The van der Waals surface area contributed by atoms with Crippen LogP contribution in [0.2, 0.25) is 18.1 Å². The lowest BCUT2D eigenvalue weighted by molar-refractivity contribution is -0.182. The number of benzene rings is 1. The Kier molecular flexibility index (Phi) is 6.22. The van der Waals surface area contributed by atoms with Gasteiger partial charge in [0.05, 0.1) is 31.4 Å². The fourth-order valence-corrected chi connectivity index (χ4v) is 4.57. The van der Waals surface area contributed by atoms with Crippen molar-refractivity contribution in [2.45, 2.75) is 76.4 Å². The number of hydrogen-bond acceptors (Lipinski definition) is 4. The molecule has 2 aliphatic heterocycles. The molecule has 1 aromatic carbocycles. The Hall–Kier alpha value is -1.37. The Morgan fingerprint density at radius 2 is 1.93 bits per heavy atom. The van der Waals surface area contributed by atoms with Gasteiger partial charge in [0.1, 0.15) is 6.61 Å². The van der Waals surface area contributed by atoms with Crippen LogP contribution in [0.3, 0.4) is 0 Å². The van der Waals surface area contributed by atoms with Gasteiger partial charge < -0.3 is 18.8 Å². The third-order valence-corrected chi connectivity index (χ3v) is 11.2. The van der Waals surface area contributed by atoms with Crippen molar-refractivity contribution in [3.63, 3.8) is 0 Å². The van der Waals surface area contributed by atoms with Crippen LogP contribution in [0.1, 0.15) is 45.6 Å². The number of hydrogen-bond donors (Lipinski definition) is 0. The molecule has 1 aromatic rings. The molecule has 2 heterocycles. The molecule has 1 spiro atoms. The molecule has 28 heavy (non-hydrogen) atoms. The maximum atomic E-state index is 12.9. The standard InChI is InChI=1S/C22H35NO4Si/c1-21(2,3)28(4,5)27-16-19-11-12-22(13-14-26-22)17-23(19)20(24)25-15-18-9-7-6-8-10-18/h6-10,19H,11-17H2,1-5H3/t19-,22+/m0/s1. The molecular formula is C22H35NO4Si. The van der Waals surface area contributed by atoms with Crippen LogP contribution < -0.4 is 0 Å². The van der Waals surface area contributed by atoms with E-state index in [1.165, 1.54) is 0 Å². The van der Waals surface area contributed by atoms with Crippen molar-refractivity contribution in [2.75, 3.05) is 19.8 Å². The van der Waals surface area contributed by atoms with E-state index in [1.807, 2.05) is 35.2 Å². The first-order chi connectivity index (χ1) is 13.1. The highest BCUT2D eigenvalue weighted by Gasteiger charge is 2.48. The third kappa shape index (κ3) is 4.78. The minimum absolute atomic E-state index is 0.0484. The van der Waals surface area contributed by atoms with E-state index >= 15 is 0 Å². The Bertz CT molecular complexity index is 667. The van der Waals surface area contributed by atoms with Crippen molar-refractivity contribution >= 4 is 14.4 Å². The van der Waals surface area contributed by atoms with Gasteiger partial charge in [0.2, 0.25) is 0 Å². The molecule has 156 valence electrons. The second-order valence-corrected chi connectivity index (χ2v) is 14.5. The van der Waals surface area contributed by atoms with Crippen molar-refractivity contribution in [1.29, 1.82) is 0 Å². The largest absolute Gasteiger partial charge is 0.445 e. The molecule has 2 aliphatic rings. The molecule has 1 amide bonds. The summed E-state index contributed by atoms with van der Waals surface area (Å²) in [5.74, 6) is 0. The number of rotatable bonds is 5. The highest BCUT2D eigenvalue weighted by Crippen LogP contribution is 2.40. The molecule has 2 atom stereocenters. The molecule has 0 bridgehead atoms. The van der Waals surface area contributed by atoms with Gasteiger partial charge in [-0.15, -0.1) is 0 Å². The zero-order valence-corrected chi connectivity index (χ0v) is 19.0. The van der Waals surface area contributed by atoms with Crippen molar-refractivity contribution in [2.24, 2.45) is 0 Å². The summed E-state index contributed by atoms with van der Waals surface area (Å²) in [7, 11) is -1.86. The number of carbonyl (C=O) groups excluding carboxylic acids is 1. The third-order valence-electron chi connectivity index (χ3n) is 6.68. The summed E-state index contributed by atoms with van der Waals surface area (Å²) in [5.41, 5.74) is 0.829. The summed E-state index contributed by atoms with van der Waals surface area (Å²) < 4.78 is 18.0. The predicted octanol–water partition coefficient (Wildman–Crippen LogP) is 4.97. The molecular weight excluding hydrogens is 370 g/mol. The first kappa shape index (κ1) is 21.3. The molecule has 5 nitrogen and oxygen atoms in total. The van der Waals surface area contributed by atoms with Crippen molar-refractivity contribution in [3.05, 3.63) is 35.9 Å². The Morgan fingerprint density at radius 3 is 2.50 bits per heavy atom. The smallest absolute Gasteiger partial charge is 0.410 e. The molecule has 0 unspecified atom stereocenters. The Labute approximate surface area is 170 Å². The minimum atomic E-state index is -1.86.